The summed E-state index contributed by atoms with van der Waals surface area (Å²) in [7, 11) is 0. The number of nitrogen functional groups attached to an aromatic ring is 1. The van der Waals surface area contributed by atoms with Gasteiger partial charge in [0.05, 0.1) is 6.54 Å². The minimum Gasteiger partial charge on any atom is -0.488 e. The molecule has 4 heteroatoms. The maximum atomic E-state index is 13.2. The molecule has 0 saturated carbocycles. The van der Waals surface area contributed by atoms with Crippen LogP contribution in [0.2, 0.25) is 0 Å². The highest BCUT2D eigenvalue weighted by Gasteiger charge is 2.23. The van der Waals surface area contributed by atoms with Crippen molar-refractivity contribution in [1.29, 1.82) is 0 Å². The van der Waals surface area contributed by atoms with Crippen LogP contribution in [0.15, 0.2) is 48.7 Å². The van der Waals surface area contributed by atoms with Gasteiger partial charge < -0.3 is 15.0 Å². The van der Waals surface area contributed by atoms with E-state index in [0.717, 1.165) is 40.9 Å². The Balaban J connectivity index is 1.59. The normalized spacial score (nSPS) is 16.9. The van der Waals surface area contributed by atoms with Crippen LogP contribution in [0.3, 0.4) is 0 Å². The Morgan fingerprint density at radius 3 is 3.00 bits per heavy atom. The van der Waals surface area contributed by atoms with Crippen molar-refractivity contribution in [3.63, 3.8) is 0 Å². The number of rotatable bonds is 2. The Morgan fingerprint density at radius 1 is 1.19 bits per heavy atom. The Morgan fingerprint density at radius 2 is 2.10 bits per heavy atom. The van der Waals surface area contributed by atoms with Crippen molar-refractivity contribution < 1.29 is 9.13 Å². The predicted molar refractivity (Wildman–Crippen MR) is 80.9 cm³/mol. The maximum Gasteiger partial charge on any atom is 0.123 e. The fourth-order valence-electron chi connectivity index (χ4n) is 2.99. The fraction of sp³-hybridized carbons (Fsp3) is 0.176. The number of hydrogen-bond donors (Lipinski definition) is 1. The first-order valence-electron chi connectivity index (χ1n) is 6.98. The van der Waals surface area contributed by atoms with Gasteiger partial charge in [0.1, 0.15) is 17.7 Å². The molecule has 3 aromatic rings. The van der Waals surface area contributed by atoms with Gasteiger partial charge in [0.2, 0.25) is 0 Å². The number of anilines is 1. The predicted octanol–water partition coefficient (Wildman–Crippen LogP) is 3.37. The number of nitrogens with two attached hydrogens (primary N) is 1. The highest BCUT2D eigenvalue weighted by Crippen LogP contribution is 2.30. The zero-order valence-electron chi connectivity index (χ0n) is 11.4. The van der Waals surface area contributed by atoms with Crippen LogP contribution in [0.4, 0.5) is 10.1 Å². The molecule has 1 aliphatic rings. The number of benzene rings is 2. The minimum atomic E-state index is -0.208. The zero-order valence-corrected chi connectivity index (χ0v) is 11.4. The molecule has 1 unspecified atom stereocenters. The standard InChI is InChI=1S/C17H15FN2O/c18-13-1-4-17-12(7-13)9-15(21-17)10-20-6-5-11-8-14(19)2-3-16(11)20/h1-8,15H,9-10,19H2. The first-order valence-corrected chi connectivity index (χ1v) is 6.98. The molecule has 2 N–H and O–H groups in total. The molecule has 1 aliphatic heterocycles. The van der Waals surface area contributed by atoms with Crippen LogP contribution in [0.5, 0.6) is 5.75 Å². The first-order chi connectivity index (χ1) is 10.2. The number of hydrogen-bond acceptors (Lipinski definition) is 2. The van der Waals surface area contributed by atoms with Crippen molar-refractivity contribution in [2.24, 2.45) is 0 Å². The average molecular weight is 282 g/mol. The van der Waals surface area contributed by atoms with E-state index in [0.29, 0.717) is 0 Å². The van der Waals surface area contributed by atoms with Crippen molar-refractivity contribution in [2.45, 2.75) is 19.1 Å². The SMILES string of the molecule is Nc1ccc2c(ccn2CC2Cc3cc(F)ccc3O2)c1. The van der Waals surface area contributed by atoms with E-state index in [-0.39, 0.29) is 11.9 Å². The van der Waals surface area contributed by atoms with Crippen LogP contribution < -0.4 is 10.5 Å². The molecule has 0 radical (unpaired) electrons. The van der Waals surface area contributed by atoms with Gasteiger partial charge in [-0.3, -0.25) is 0 Å². The Kier molecular flexibility index (Phi) is 2.64. The van der Waals surface area contributed by atoms with Gasteiger partial charge in [0, 0.05) is 34.8 Å². The molecule has 1 aromatic heterocycles. The second-order valence-corrected chi connectivity index (χ2v) is 5.48. The van der Waals surface area contributed by atoms with Gasteiger partial charge in [-0.25, -0.2) is 4.39 Å². The Bertz CT molecular complexity index is 825. The van der Waals surface area contributed by atoms with Crippen molar-refractivity contribution in [2.75, 3.05) is 5.73 Å². The lowest BCUT2D eigenvalue weighted by atomic mass is 10.1. The molecule has 0 fully saturated rings. The lowest BCUT2D eigenvalue weighted by molar-refractivity contribution is 0.211. The first kappa shape index (κ1) is 12.3. The third-order valence-corrected chi connectivity index (χ3v) is 3.96. The van der Waals surface area contributed by atoms with Crippen molar-refractivity contribution >= 4 is 16.6 Å². The summed E-state index contributed by atoms with van der Waals surface area (Å²) >= 11 is 0. The second-order valence-electron chi connectivity index (χ2n) is 5.48. The number of halogens is 1. The smallest absolute Gasteiger partial charge is 0.123 e. The highest BCUT2D eigenvalue weighted by atomic mass is 19.1. The molecule has 0 aliphatic carbocycles. The summed E-state index contributed by atoms with van der Waals surface area (Å²) in [5.74, 6) is 0.585. The van der Waals surface area contributed by atoms with Gasteiger partial charge in [-0.1, -0.05) is 0 Å². The molecule has 0 bridgehead atoms. The van der Waals surface area contributed by atoms with Gasteiger partial charge in [0.15, 0.2) is 0 Å². The molecule has 0 spiro atoms. The van der Waals surface area contributed by atoms with E-state index in [1.54, 1.807) is 12.1 Å². The van der Waals surface area contributed by atoms with Gasteiger partial charge in [-0.15, -0.1) is 0 Å². The second kappa shape index (κ2) is 4.52. The third-order valence-electron chi connectivity index (χ3n) is 3.96. The van der Waals surface area contributed by atoms with E-state index in [2.05, 4.69) is 4.57 Å². The van der Waals surface area contributed by atoms with E-state index in [1.807, 2.05) is 30.5 Å². The van der Waals surface area contributed by atoms with Gasteiger partial charge in [-0.05, 0) is 42.5 Å². The van der Waals surface area contributed by atoms with Crippen LogP contribution in [0.1, 0.15) is 5.56 Å². The fourth-order valence-corrected chi connectivity index (χ4v) is 2.99. The van der Waals surface area contributed by atoms with Gasteiger partial charge >= 0.3 is 0 Å². The van der Waals surface area contributed by atoms with Crippen molar-refractivity contribution in [1.82, 2.24) is 4.57 Å². The van der Waals surface area contributed by atoms with Crippen LogP contribution in [0.25, 0.3) is 10.9 Å². The molecule has 4 rings (SSSR count). The molecule has 106 valence electrons. The molecular formula is C17H15FN2O. The topological polar surface area (TPSA) is 40.2 Å². The summed E-state index contributed by atoms with van der Waals surface area (Å²) in [5, 5.41) is 1.12. The molecule has 2 heterocycles. The summed E-state index contributed by atoms with van der Waals surface area (Å²) in [6.07, 6.45) is 2.81. The van der Waals surface area contributed by atoms with Crippen molar-refractivity contribution in [3.8, 4) is 5.75 Å². The average Bonchev–Trinajstić information content (AvgIpc) is 3.02. The van der Waals surface area contributed by atoms with Crippen LogP contribution in [-0.4, -0.2) is 10.7 Å². The largest absolute Gasteiger partial charge is 0.488 e. The van der Waals surface area contributed by atoms with E-state index in [4.69, 9.17) is 10.5 Å². The number of nitrogens with zero attached hydrogens (tertiary/aromatic N) is 1. The lowest BCUT2D eigenvalue weighted by Gasteiger charge is -2.13. The quantitative estimate of drug-likeness (QED) is 0.732. The molecule has 1 atom stereocenters. The van der Waals surface area contributed by atoms with E-state index in [9.17, 15) is 4.39 Å². The van der Waals surface area contributed by atoms with Crippen molar-refractivity contribution in [3.05, 3.63) is 60.0 Å². The third kappa shape index (κ3) is 2.13. The maximum absolute atomic E-state index is 13.2. The number of aromatic nitrogens is 1. The Labute approximate surface area is 121 Å². The summed E-state index contributed by atoms with van der Waals surface area (Å²) in [6, 6.07) is 12.6. The van der Waals surface area contributed by atoms with E-state index in [1.165, 1.54) is 6.07 Å². The molecule has 3 nitrogen and oxygen atoms in total. The van der Waals surface area contributed by atoms with Gasteiger partial charge in [-0.2, -0.15) is 0 Å². The highest BCUT2D eigenvalue weighted by molar-refractivity contribution is 5.83. The molecule has 21 heavy (non-hydrogen) atoms. The number of ether oxygens (including phenoxy) is 1. The summed E-state index contributed by atoms with van der Waals surface area (Å²) in [4.78, 5) is 0. The summed E-state index contributed by atoms with van der Waals surface area (Å²) in [6.45, 7) is 0.740. The zero-order chi connectivity index (χ0) is 14.4. The van der Waals surface area contributed by atoms with Crippen LogP contribution >= 0.6 is 0 Å². The summed E-state index contributed by atoms with van der Waals surface area (Å²) in [5.41, 5.74) is 8.64. The molecular weight excluding hydrogens is 267 g/mol. The monoisotopic (exact) mass is 282 g/mol. The van der Waals surface area contributed by atoms with Crippen LogP contribution in [-0.2, 0) is 13.0 Å². The summed E-state index contributed by atoms with van der Waals surface area (Å²) < 4.78 is 21.3. The van der Waals surface area contributed by atoms with Crippen LogP contribution in [0, 0.1) is 5.82 Å². The molecule has 0 amide bonds. The van der Waals surface area contributed by atoms with E-state index < -0.39 is 0 Å². The number of fused-ring (bicyclic) bond motifs is 2. The molecule has 2 aromatic carbocycles. The van der Waals surface area contributed by atoms with E-state index >= 15 is 0 Å². The lowest BCUT2D eigenvalue weighted by Crippen LogP contribution is -2.20. The van der Waals surface area contributed by atoms with Gasteiger partial charge in [0.25, 0.3) is 0 Å². The Hall–Kier alpha value is -2.49. The molecule has 0 saturated heterocycles. The minimum absolute atomic E-state index is 0.0370.